The number of ether oxygens (including phenoxy) is 6. The molecular weight excluding hydrogens is 596 g/mol. The van der Waals surface area contributed by atoms with Crippen LogP contribution in [-0.2, 0) is 38.1 Å². The molecule has 4 aliphatic heterocycles. The highest BCUT2D eigenvalue weighted by Gasteiger charge is 3.03. The standard InChI is InChI=1S/C34H38N2O10/c1-7-45-29(39)33-22(18-11-15-20(42-4)16-12-18)34(30(40)46-8-2)25-32(28(38)44-6)21(17-9-13-19(41-3)14-10-17)31(23(33)35-25,27(37)43-5)24(33)36-26(32)34/h9-16,21-26,35-36H,7-8H2,1-6H3/t21?,22?,23-,24+,25+,26-,31?,32?,33?,34?. The zero-order chi connectivity index (χ0) is 32.8. The van der Waals surface area contributed by atoms with Crippen LogP contribution in [0.15, 0.2) is 48.5 Å². The van der Waals surface area contributed by atoms with Gasteiger partial charge in [0.15, 0.2) is 0 Å². The number of carbonyl (C=O) groups is 4. The first kappa shape index (κ1) is 30.5. The molecule has 8 rings (SSSR count). The van der Waals surface area contributed by atoms with Crippen LogP contribution >= 0.6 is 0 Å². The molecule has 12 heteroatoms. The summed E-state index contributed by atoms with van der Waals surface area (Å²) in [6, 6.07) is 10.8. The molecule has 2 aromatic carbocycles. The van der Waals surface area contributed by atoms with Crippen LogP contribution in [0.25, 0.3) is 0 Å². The van der Waals surface area contributed by atoms with Crippen molar-refractivity contribution < 1.29 is 47.6 Å². The van der Waals surface area contributed by atoms with Crippen molar-refractivity contribution in [2.75, 3.05) is 41.7 Å². The lowest BCUT2D eigenvalue weighted by Gasteiger charge is -2.91. The summed E-state index contributed by atoms with van der Waals surface area (Å²) in [5.41, 5.74) is -4.55. The third-order valence-electron chi connectivity index (χ3n) is 11.6. The average Bonchev–Trinajstić information content (AvgIpc) is 3.06. The molecule has 0 radical (unpaired) electrons. The molecule has 0 amide bonds. The van der Waals surface area contributed by atoms with Crippen molar-refractivity contribution in [3.8, 4) is 11.5 Å². The second-order valence-corrected chi connectivity index (χ2v) is 12.6. The fourth-order valence-electron chi connectivity index (χ4n) is 10.6. The van der Waals surface area contributed by atoms with Crippen molar-refractivity contribution in [2.24, 2.45) is 21.7 Å². The Bertz CT molecular complexity index is 1510. The van der Waals surface area contributed by atoms with Crippen LogP contribution < -0.4 is 20.1 Å². The number of nitrogens with one attached hydrogen (secondary N) is 2. The van der Waals surface area contributed by atoms with Gasteiger partial charge in [-0.15, -0.1) is 0 Å². The van der Waals surface area contributed by atoms with Crippen LogP contribution in [0.3, 0.4) is 0 Å². The summed E-state index contributed by atoms with van der Waals surface area (Å²) in [6.07, 6.45) is 0. The highest BCUT2D eigenvalue weighted by molar-refractivity contribution is 6.02. The maximum atomic E-state index is 14.6. The van der Waals surface area contributed by atoms with E-state index in [1.165, 1.54) is 14.2 Å². The van der Waals surface area contributed by atoms with Gasteiger partial charge < -0.3 is 39.1 Å². The van der Waals surface area contributed by atoms with Gasteiger partial charge in [0, 0.05) is 36.0 Å². The van der Waals surface area contributed by atoms with Gasteiger partial charge in [-0.3, -0.25) is 19.2 Å². The third-order valence-corrected chi connectivity index (χ3v) is 11.6. The number of esters is 4. The molecule has 4 saturated heterocycles. The van der Waals surface area contributed by atoms with Gasteiger partial charge in [-0.1, -0.05) is 24.3 Å². The van der Waals surface area contributed by atoms with E-state index in [1.54, 1.807) is 52.3 Å². The molecule has 12 nitrogen and oxygen atoms in total. The first-order chi connectivity index (χ1) is 22.2. The van der Waals surface area contributed by atoms with Crippen molar-refractivity contribution in [2.45, 2.75) is 49.9 Å². The van der Waals surface area contributed by atoms with Gasteiger partial charge in [0.25, 0.3) is 0 Å². The van der Waals surface area contributed by atoms with Gasteiger partial charge in [0.05, 0.1) is 41.7 Å². The molecule has 244 valence electrons. The number of carbonyl (C=O) groups excluding carboxylic acids is 4. The lowest BCUT2D eigenvalue weighted by Crippen LogP contribution is -3.09. The minimum Gasteiger partial charge on any atom is -0.497 e. The van der Waals surface area contributed by atoms with E-state index in [0.29, 0.717) is 22.6 Å². The zero-order valence-corrected chi connectivity index (χ0v) is 26.6. The van der Waals surface area contributed by atoms with Gasteiger partial charge >= 0.3 is 23.9 Å². The van der Waals surface area contributed by atoms with E-state index < -0.39 is 81.5 Å². The Morgan fingerprint density at radius 2 is 0.848 bits per heavy atom. The minimum absolute atomic E-state index is 0.0772. The van der Waals surface area contributed by atoms with Crippen LogP contribution in [-0.4, -0.2) is 89.7 Å². The highest BCUT2D eigenvalue weighted by atomic mass is 16.5. The summed E-state index contributed by atoms with van der Waals surface area (Å²) < 4.78 is 33.6. The molecule has 0 aromatic heterocycles. The molecule has 2 saturated carbocycles. The van der Waals surface area contributed by atoms with Gasteiger partial charge in [0.1, 0.15) is 33.2 Å². The quantitative estimate of drug-likeness (QED) is 0.290. The Morgan fingerprint density at radius 1 is 0.543 bits per heavy atom. The molecule has 4 heterocycles. The average molecular weight is 635 g/mol. The Balaban J connectivity index is 1.58. The van der Waals surface area contributed by atoms with Crippen LogP contribution in [0.4, 0.5) is 0 Å². The van der Waals surface area contributed by atoms with Gasteiger partial charge in [-0.2, -0.15) is 0 Å². The maximum absolute atomic E-state index is 14.6. The molecule has 6 fully saturated rings. The molecular formula is C34H38N2O10. The smallest absolute Gasteiger partial charge is 0.316 e. The Kier molecular flexibility index (Phi) is 6.74. The minimum atomic E-state index is -1.47. The van der Waals surface area contributed by atoms with E-state index in [1.807, 2.05) is 24.3 Å². The second-order valence-electron chi connectivity index (χ2n) is 12.6. The van der Waals surface area contributed by atoms with E-state index in [-0.39, 0.29) is 13.2 Å². The lowest BCUT2D eigenvalue weighted by atomic mass is 9.16. The van der Waals surface area contributed by atoms with E-state index in [0.717, 1.165) is 0 Å². The normalized spacial score (nSPS) is 38.5. The van der Waals surface area contributed by atoms with Crippen molar-refractivity contribution in [1.82, 2.24) is 10.6 Å². The van der Waals surface area contributed by atoms with E-state index in [2.05, 4.69) is 10.6 Å². The third kappa shape index (κ3) is 2.99. The number of benzene rings is 2. The first-order valence-electron chi connectivity index (χ1n) is 15.5. The summed E-state index contributed by atoms with van der Waals surface area (Å²) >= 11 is 0. The number of hydrogen-bond acceptors (Lipinski definition) is 12. The monoisotopic (exact) mass is 634 g/mol. The van der Waals surface area contributed by atoms with Gasteiger partial charge in [0.2, 0.25) is 0 Å². The number of piperidine rings is 4. The molecule has 46 heavy (non-hydrogen) atoms. The predicted octanol–water partition coefficient (Wildman–Crippen LogP) is 1.71. The fraction of sp³-hybridized carbons (Fsp3) is 0.529. The Labute approximate surface area is 266 Å². The van der Waals surface area contributed by atoms with Crippen LogP contribution in [0.2, 0.25) is 0 Å². The van der Waals surface area contributed by atoms with Crippen LogP contribution in [0, 0.1) is 21.7 Å². The van der Waals surface area contributed by atoms with Crippen molar-refractivity contribution in [3.63, 3.8) is 0 Å². The van der Waals surface area contributed by atoms with Gasteiger partial charge in [-0.05, 0) is 49.2 Å². The molecule has 2 N–H and O–H groups in total. The van der Waals surface area contributed by atoms with E-state index in [4.69, 9.17) is 28.4 Å². The largest absolute Gasteiger partial charge is 0.497 e. The van der Waals surface area contributed by atoms with E-state index in [9.17, 15) is 19.2 Å². The maximum Gasteiger partial charge on any atom is 0.316 e. The molecule has 2 aromatic rings. The SMILES string of the molecule is CCOC(=O)C12C(c3ccc(OC)cc3)C3(C(=O)OCC)[C@@H]4N[C@H]1C1(C(=O)OC)C(c5ccc(OC)cc5)C4(C(=O)OC)[C@@H]3N[C@H]12. The zero-order valence-electron chi connectivity index (χ0n) is 26.6. The highest BCUT2D eigenvalue weighted by Crippen LogP contribution is 2.88. The van der Waals surface area contributed by atoms with Crippen molar-refractivity contribution in [3.05, 3.63) is 59.7 Å². The molecule has 2 aliphatic carbocycles. The number of hydrogen-bond donors (Lipinski definition) is 2. The van der Waals surface area contributed by atoms with E-state index >= 15 is 0 Å². The number of rotatable bonds is 10. The number of methoxy groups -OCH3 is 4. The fourth-order valence-corrected chi connectivity index (χ4v) is 10.6. The summed E-state index contributed by atoms with van der Waals surface area (Å²) in [5.74, 6) is -2.81. The first-order valence-corrected chi connectivity index (χ1v) is 15.5. The Morgan fingerprint density at radius 3 is 1.11 bits per heavy atom. The molecule has 4 unspecified atom stereocenters. The topological polar surface area (TPSA) is 148 Å². The van der Waals surface area contributed by atoms with Crippen molar-refractivity contribution in [1.29, 1.82) is 0 Å². The molecule has 8 bridgehead atoms. The van der Waals surface area contributed by atoms with Gasteiger partial charge in [-0.25, -0.2) is 0 Å². The lowest BCUT2D eigenvalue weighted by molar-refractivity contribution is -0.366. The van der Waals surface area contributed by atoms with Crippen LogP contribution in [0.5, 0.6) is 11.5 Å². The second kappa shape index (κ2) is 10.2. The molecule has 0 spiro atoms. The molecule has 6 aliphatic rings. The predicted molar refractivity (Wildman–Crippen MR) is 160 cm³/mol. The van der Waals surface area contributed by atoms with Crippen LogP contribution in [0.1, 0.15) is 36.8 Å². The molecule has 8 atom stereocenters. The summed E-state index contributed by atoms with van der Waals surface area (Å²) in [4.78, 5) is 58.0. The summed E-state index contributed by atoms with van der Waals surface area (Å²) in [5, 5.41) is 7.07. The summed E-state index contributed by atoms with van der Waals surface area (Å²) in [7, 11) is 5.70. The van der Waals surface area contributed by atoms with Crippen molar-refractivity contribution >= 4 is 23.9 Å². The Hall–Kier alpha value is -4.16. The summed E-state index contributed by atoms with van der Waals surface area (Å²) in [6.45, 7) is 3.58.